The standard InChI is InChI=1S/C27H34N2OS/c1-8-10-23-24(21-12-11-18(3)19(4)17-21)29(9-2)26(31-23)28-25(30)20-13-15-22(16-14-20)27(5,6)7/h11-17H,8-10H2,1-7H3. The molecule has 4 heteroatoms. The maximum atomic E-state index is 13.0. The first-order valence-corrected chi connectivity index (χ1v) is 12.0. The lowest BCUT2D eigenvalue weighted by molar-refractivity contribution is 0.0997. The first-order valence-electron chi connectivity index (χ1n) is 11.2. The minimum atomic E-state index is -0.182. The number of rotatable bonds is 5. The largest absolute Gasteiger partial charge is 0.316 e. The van der Waals surface area contributed by atoms with E-state index in [1.165, 1.54) is 32.8 Å². The van der Waals surface area contributed by atoms with Crippen LogP contribution in [0.1, 0.15) is 73.0 Å². The van der Waals surface area contributed by atoms with Crippen LogP contribution in [0.3, 0.4) is 0 Å². The summed E-state index contributed by atoms with van der Waals surface area (Å²) < 4.78 is 2.20. The summed E-state index contributed by atoms with van der Waals surface area (Å²) in [5, 5.41) is 0. The average molecular weight is 435 g/mol. The molecule has 0 spiro atoms. The quantitative estimate of drug-likeness (QED) is 0.433. The zero-order valence-corrected chi connectivity index (χ0v) is 20.7. The summed E-state index contributed by atoms with van der Waals surface area (Å²) in [6.07, 6.45) is 2.04. The first kappa shape index (κ1) is 23.2. The molecule has 0 aliphatic rings. The Hall–Kier alpha value is -2.46. The lowest BCUT2D eigenvalue weighted by Gasteiger charge is -2.18. The van der Waals surface area contributed by atoms with Gasteiger partial charge >= 0.3 is 0 Å². The van der Waals surface area contributed by atoms with Gasteiger partial charge in [-0.1, -0.05) is 58.4 Å². The molecular weight excluding hydrogens is 400 g/mol. The highest BCUT2D eigenvalue weighted by atomic mass is 32.1. The van der Waals surface area contributed by atoms with Crippen LogP contribution in [-0.2, 0) is 18.4 Å². The highest BCUT2D eigenvalue weighted by molar-refractivity contribution is 7.09. The molecule has 0 saturated carbocycles. The van der Waals surface area contributed by atoms with E-state index in [0.29, 0.717) is 5.56 Å². The second-order valence-electron chi connectivity index (χ2n) is 9.19. The number of hydrogen-bond donors (Lipinski definition) is 0. The fraction of sp³-hybridized carbons (Fsp3) is 0.407. The maximum Gasteiger partial charge on any atom is 0.279 e. The molecular formula is C27H34N2OS. The predicted octanol–water partition coefficient (Wildman–Crippen LogP) is 6.84. The number of hydrogen-bond acceptors (Lipinski definition) is 2. The highest BCUT2D eigenvalue weighted by Gasteiger charge is 2.17. The van der Waals surface area contributed by atoms with Gasteiger partial charge in [-0.05, 0) is 73.1 Å². The van der Waals surface area contributed by atoms with Gasteiger partial charge in [0.05, 0.1) is 5.69 Å². The van der Waals surface area contributed by atoms with Gasteiger partial charge in [-0.15, -0.1) is 11.3 Å². The summed E-state index contributed by atoms with van der Waals surface area (Å²) in [6, 6.07) is 14.5. The predicted molar refractivity (Wildman–Crippen MR) is 132 cm³/mol. The normalized spacial score (nSPS) is 12.4. The topological polar surface area (TPSA) is 34.4 Å². The fourth-order valence-electron chi connectivity index (χ4n) is 3.70. The third-order valence-electron chi connectivity index (χ3n) is 5.75. The Kier molecular flexibility index (Phi) is 7.00. The second kappa shape index (κ2) is 9.35. The number of thiazole rings is 1. The smallest absolute Gasteiger partial charge is 0.279 e. The van der Waals surface area contributed by atoms with Crippen molar-refractivity contribution in [3.63, 3.8) is 0 Å². The molecule has 0 aliphatic carbocycles. The van der Waals surface area contributed by atoms with Crippen molar-refractivity contribution in [1.82, 2.24) is 4.57 Å². The van der Waals surface area contributed by atoms with Crippen molar-refractivity contribution in [2.75, 3.05) is 0 Å². The van der Waals surface area contributed by atoms with E-state index in [0.717, 1.165) is 24.2 Å². The van der Waals surface area contributed by atoms with Crippen molar-refractivity contribution < 1.29 is 4.79 Å². The van der Waals surface area contributed by atoms with Crippen LogP contribution in [0.25, 0.3) is 11.3 Å². The van der Waals surface area contributed by atoms with E-state index in [2.05, 4.69) is 76.2 Å². The number of carbonyl (C=O) groups excluding carboxylic acids is 1. The summed E-state index contributed by atoms with van der Waals surface area (Å²) in [6.45, 7) is 15.9. The summed E-state index contributed by atoms with van der Waals surface area (Å²) in [4.78, 5) is 19.6. The molecule has 0 unspecified atom stereocenters. The number of aryl methyl sites for hydroxylation is 3. The van der Waals surface area contributed by atoms with Crippen molar-refractivity contribution in [1.29, 1.82) is 0 Å². The minimum Gasteiger partial charge on any atom is -0.316 e. The van der Waals surface area contributed by atoms with E-state index >= 15 is 0 Å². The third kappa shape index (κ3) is 5.07. The van der Waals surface area contributed by atoms with Crippen molar-refractivity contribution in [3.05, 3.63) is 74.4 Å². The summed E-state index contributed by atoms with van der Waals surface area (Å²) >= 11 is 1.65. The van der Waals surface area contributed by atoms with Crippen molar-refractivity contribution in [2.45, 2.75) is 73.3 Å². The van der Waals surface area contributed by atoms with E-state index in [-0.39, 0.29) is 11.3 Å². The Bertz CT molecular complexity index is 1140. The van der Waals surface area contributed by atoms with Crippen LogP contribution in [0.4, 0.5) is 0 Å². The van der Waals surface area contributed by atoms with Crippen molar-refractivity contribution in [2.24, 2.45) is 4.99 Å². The van der Waals surface area contributed by atoms with Crippen LogP contribution >= 0.6 is 11.3 Å². The number of benzene rings is 2. The highest BCUT2D eigenvalue weighted by Crippen LogP contribution is 2.29. The van der Waals surface area contributed by atoms with Gasteiger partial charge in [0.25, 0.3) is 5.91 Å². The van der Waals surface area contributed by atoms with Crippen LogP contribution in [0.2, 0.25) is 0 Å². The Balaban J connectivity index is 2.09. The fourth-order valence-corrected chi connectivity index (χ4v) is 5.01. The molecule has 0 bridgehead atoms. The van der Waals surface area contributed by atoms with E-state index in [9.17, 15) is 4.79 Å². The van der Waals surface area contributed by atoms with Crippen LogP contribution in [0, 0.1) is 13.8 Å². The lowest BCUT2D eigenvalue weighted by atomic mass is 9.87. The molecule has 1 aromatic heterocycles. The van der Waals surface area contributed by atoms with Gasteiger partial charge < -0.3 is 4.57 Å². The first-order chi connectivity index (χ1) is 14.7. The van der Waals surface area contributed by atoms with Crippen LogP contribution in [-0.4, -0.2) is 10.5 Å². The Morgan fingerprint density at radius 3 is 2.23 bits per heavy atom. The zero-order valence-electron chi connectivity index (χ0n) is 19.9. The third-order valence-corrected chi connectivity index (χ3v) is 6.89. The van der Waals surface area contributed by atoms with Crippen molar-refractivity contribution >= 4 is 17.2 Å². The molecule has 0 fully saturated rings. The van der Waals surface area contributed by atoms with E-state index in [1.807, 2.05) is 24.3 Å². The van der Waals surface area contributed by atoms with Gasteiger partial charge in [-0.25, -0.2) is 0 Å². The molecule has 3 nitrogen and oxygen atoms in total. The monoisotopic (exact) mass is 434 g/mol. The van der Waals surface area contributed by atoms with Gasteiger partial charge in [0.15, 0.2) is 4.80 Å². The molecule has 1 amide bonds. The number of nitrogens with zero attached hydrogens (tertiary/aromatic N) is 2. The number of amides is 1. The molecule has 3 rings (SSSR count). The number of aromatic nitrogens is 1. The molecule has 3 aromatic rings. The molecule has 1 heterocycles. The lowest BCUT2D eigenvalue weighted by Crippen LogP contribution is -2.17. The average Bonchev–Trinajstić information content (AvgIpc) is 3.06. The Morgan fingerprint density at radius 2 is 1.68 bits per heavy atom. The van der Waals surface area contributed by atoms with Gasteiger partial charge in [0.1, 0.15) is 0 Å². The molecule has 0 N–H and O–H groups in total. The maximum absolute atomic E-state index is 13.0. The van der Waals surface area contributed by atoms with Crippen LogP contribution < -0.4 is 4.80 Å². The Morgan fingerprint density at radius 1 is 1.00 bits per heavy atom. The van der Waals surface area contributed by atoms with Crippen LogP contribution in [0.5, 0.6) is 0 Å². The molecule has 0 aliphatic heterocycles. The van der Waals surface area contributed by atoms with E-state index in [1.54, 1.807) is 11.3 Å². The van der Waals surface area contributed by atoms with Crippen molar-refractivity contribution in [3.8, 4) is 11.3 Å². The molecule has 0 radical (unpaired) electrons. The van der Waals surface area contributed by atoms with Gasteiger partial charge in [0, 0.05) is 17.0 Å². The van der Waals surface area contributed by atoms with Gasteiger partial charge in [-0.3, -0.25) is 4.79 Å². The van der Waals surface area contributed by atoms with Gasteiger partial charge in [0.2, 0.25) is 0 Å². The second-order valence-corrected chi connectivity index (χ2v) is 10.3. The number of carbonyl (C=O) groups is 1. The Labute approximate surface area is 190 Å². The zero-order chi connectivity index (χ0) is 22.8. The SMILES string of the molecule is CCCc1sc(=NC(=O)c2ccc(C(C)(C)C)cc2)n(CC)c1-c1ccc(C)c(C)c1. The summed E-state index contributed by atoms with van der Waals surface area (Å²) in [5.41, 5.74) is 6.88. The molecule has 164 valence electrons. The van der Waals surface area contributed by atoms with Crippen LogP contribution in [0.15, 0.2) is 47.5 Å². The molecule has 2 aromatic carbocycles. The van der Waals surface area contributed by atoms with E-state index < -0.39 is 0 Å². The molecule has 0 saturated heterocycles. The van der Waals surface area contributed by atoms with E-state index in [4.69, 9.17) is 0 Å². The summed E-state index contributed by atoms with van der Waals surface area (Å²) in [7, 11) is 0. The van der Waals surface area contributed by atoms with Gasteiger partial charge in [-0.2, -0.15) is 4.99 Å². The molecule has 31 heavy (non-hydrogen) atoms. The molecule has 0 atom stereocenters. The summed E-state index contributed by atoms with van der Waals surface area (Å²) in [5.74, 6) is -0.182. The minimum absolute atomic E-state index is 0.0633.